The predicted molar refractivity (Wildman–Crippen MR) is 79.0 cm³/mol. The van der Waals surface area contributed by atoms with Gasteiger partial charge in [0.15, 0.2) is 17.0 Å². The first-order valence-electron chi connectivity index (χ1n) is 6.62. The highest BCUT2D eigenvalue weighted by Gasteiger charge is 2.20. The van der Waals surface area contributed by atoms with Crippen LogP contribution < -0.4 is 5.73 Å². The molecule has 2 heterocycles. The Balaban J connectivity index is 2.30. The van der Waals surface area contributed by atoms with Gasteiger partial charge in [0, 0.05) is 5.56 Å². The zero-order valence-electron chi connectivity index (χ0n) is 11.5. The Labute approximate surface area is 121 Å². The lowest BCUT2D eigenvalue weighted by Crippen LogP contribution is -2.14. The molecule has 0 saturated carbocycles. The van der Waals surface area contributed by atoms with Crippen LogP contribution in [-0.2, 0) is 6.42 Å². The van der Waals surface area contributed by atoms with Gasteiger partial charge in [-0.05, 0) is 12.5 Å². The lowest BCUT2D eigenvalue weighted by molar-refractivity contribution is 0.0993. The number of nitrogens with zero attached hydrogens (tertiary/aromatic N) is 1. The summed E-state index contributed by atoms with van der Waals surface area (Å²) >= 11 is 0. The van der Waals surface area contributed by atoms with E-state index in [0.29, 0.717) is 28.8 Å². The van der Waals surface area contributed by atoms with Crippen LogP contribution in [0.25, 0.3) is 22.3 Å². The summed E-state index contributed by atoms with van der Waals surface area (Å²) in [5.41, 5.74) is 7.10. The molecular weight excluding hydrogens is 268 g/mol. The second-order valence-corrected chi connectivity index (χ2v) is 4.69. The number of amides is 1. The van der Waals surface area contributed by atoms with Crippen LogP contribution in [0.3, 0.4) is 0 Å². The maximum atomic E-state index is 11.4. The van der Waals surface area contributed by atoms with Crippen molar-refractivity contribution in [1.82, 2.24) is 4.98 Å². The lowest BCUT2D eigenvalue weighted by Gasteiger charge is -2.04. The molecule has 5 heteroatoms. The van der Waals surface area contributed by atoms with Crippen LogP contribution in [-0.4, -0.2) is 16.0 Å². The van der Waals surface area contributed by atoms with E-state index < -0.39 is 5.91 Å². The monoisotopic (exact) mass is 282 g/mol. The molecule has 0 bridgehead atoms. The SMILES string of the molecule is CCc1nc(C(N)=O)c(O)c2cc(-c3ccccc3)oc12. The average Bonchev–Trinajstić information content (AvgIpc) is 2.94. The van der Waals surface area contributed by atoms with Crippen molar-refractivity contribution in [3.63, 3.8) is 0 Å². The van der Waals surface area contributed by atoms with Crippen molar-refractivity contribution in [1.29, 1.82) is 0 Å². The maximum absolute atomic E-state index is 11.4. The van der Waals surface area contributed by atoms with Crippen molar-refractivity contribution in [3.05, 3.63) is 47.8 Å². The summed E-state index contributed by atoms with van der Waals surface area (Å²) in [6.45, 7) is 1.90. The highest BCUT2D eigenvalue weighted by molar-refractivity contribution is 6.01. The first kappa shape index (κ1) is 13.2. The third-order valence-electron chi connectivity index (χ3n) is 3.35. The van der Waals surface area contributed by atoms with E-state index in [-0.39, 0.29) is 11.4 Å². The summed E-state index contributed by atoms with van der Waals surface area (Å²) in [6.07, 6.45) is 0.568. The van der Waals surface area contributed by atoms with Crippen LogP contribution in [0.15, 0.2) is 40.8 Å². The van der Waals surface area contributed by atoms with Crippen molar-refractivity contribution < 1.29 is 14.3 Å². The molecule has 0 unspecified atom stereocenters. The molecule has 5 nitrogen and oxygen atoms in total. The van der Waals surface area contributed by atoms with Gasteiger partial charge in [-0.15, -0.1) is 0 Å². The Morgan fingerprint density at radius 2 is 2.05 bits per heavy atom. The molecule has 3 aromatic rings. The van der Waals surface area contributed by atoms with E-state index in [4.69, 9.17) is 10.2 Å². The molecule has 1 aromatic carbocycles. The number of fused-ring (bicyclic) bond motifs is 1. The fourth-order valence-electron chi connectivity index (χ4n) is 2.30. The molecule has 106 valence electrons. The van der Waals surface area contributed by atoms with Gasteiger partial charge < -0.3 is 15.3 Å². The number of furan rings is 1. The molecule has 0 aliphatic rings. The Kier molecular flexibility index (Phi) is 3.10. The number of hydrogen-bond acceptors (Lipinski definition) is 4. The highest BCUT2D eigenvalue weighted by atomic mass is 16.3. The van der Waals surface area contributed by atoms with Crippen molar-refractivity contribution >= 4 is 16.9 Å². The molecule has 2 aromatic heterocycles. The fourth-order valence-corrected chi connectivity index (χ4v) is 2.30. The Bertz CT molecular complexity index is 822. The number of aromatic hydroxyl groups is 1. The van der Waals surface area contributed by atoms with Crippen LogP contribution in [0.1, 0.15) is 23.1 Å². The third kappa shape index (κ3) is 2.12. The first-order valence-corrected chi connectivity index (χ1v) is 6.62. The van der Waals surface area contributed by atoms with Gasteiger partial charge in [-0.3, -0.25) is 4.79 Å². The van der Waals surface area contributed by atoms with E-state index in [1.165, 1.54) is 0 Å². The quantitative estimate of drug-likeness (QED) is 0.773. The number of benzene rings is 1. The summed E-state index contributed by atoms with van der Waals surface area (Å²) in [5, 5.41) is 10.6. The molecule has 1 amide bonds. The molecule has 21 heavy (non-hydrogen) atoms. The number of rotatable bonds is 3. The summed E-state index contributed by atoms with van der Waals surface area (Å²) in [4.78, 5) is 15.5. The van der Waals surface area contributed by atoms with Crippen LogP contribution >= 0.6 is 0 Å². The molecule has 3 rings (SSSR count). The van der Waals surface area contributed by atoms with Gasteiger partial charge in [0.25, 0.3) is 5.91 Å². The van der Waals surface area contributed by atoms with E-state index in [1.54, 1.807) is 6.07 Å². The van der Waals surface area contributed by atoms with E-state index in [9.17, 15) is 9.90 Å². The number of carbonyl (C=O) groups is 1. The third-order valence-corrected chi connectivity index (χ3v) is 3.35. The summed E-state index contributed by atoms with van der Waals surface area (Å²) in [6, 6.07) is 11.2. The molecule has 0 aliphatic heterocycles. The minimum Gasteiger partial charge on any atom is -0.505 e. The minimum atomic E-state index is -0.758. The second kappa shape index (κ2) is 4.94. The summed E-state index contributed by atoms with van der Waals surface area (Å²) < 4.78 is 5.82. The number of primary amides is 1. The maximum Gasteiger partial charge on any atom is 0.271 e. The fraction of sp³-hybridized carbons (Fsp3) is 0.125. The van der Waals surface area contributed by atoms with Crippen molar-refractivity contribution in [3.8, 4) is 17.1 Å². The van der Waals surface area contributed by atoms with Crippen LogP contribution in [0.2, 0.25) is 0 Å². The van der Waals surface area contributed by atoms with Gasteiger partial charge in [0.2, 0.25) is 0 Å². The van der Waals surface area contributed by atoms with Gasteiger partial charge >= 0.3 is 0 Å². The summed E-state index contributed by atoms with van der Waals surface area (Å²) in [5.74, 6) is -0.383. The normalized spacial score (nSPS) is 10.9. The van der Waals surface area contributed by atoms with Crippen LogP contribution in [0.5, 0.6) is 5.75 Å². The molecule has 0 atom stereocenters. The molecule has 0 aliphatic carbocycles. The lowest BCUT2D eigenvalue weighted by atomic mass is 10.1. The number of hydrogen-bond donors (Lipinski definition) is 2. The zero-order valence-corrected chi connectivity index (χ0v) is 11.5. The first-order chi connectivity index (χ1) is 10.1. The van der Waals surface area contributed by atoms with Crippen molar-refractivity contribution in [2.75, 3.05) is 0 Å². The van der Waals surface area contributed by atoms with Gasteiger partial charge in [0.05, 0.1) is 11.1 Å². The number of pyridine rings is 1. The van der Waals surface area contributed by atoms with Crippen molar-refractivity contribution in [2.24, 2.45) is 5.73 Å². The van der Waals surface area contributed by atoms with Crippen LogP contribution in [0.4, 0.5) is 0 Å². The summed E-state index contributed by atoms with van der Waals surface area (Å²) in [7, 11) is 0. The largest absolute Gasteiger partial charge is 0.505 e. The minimum absolute atomic E-state index is 0.125. The van der Waals surface area contributed by atoms with Crippen molar-refractivity contribution in [2.45, 2.75) is 13.3 Å². The Morgan fingerprint density at radius 3 is 2.67 bits per heavy atom. The molecule has 0 fully saturated rings. The molecule has 0 saturated heterocycles. The van der Waals surface area contributed by atoms with E-state index in [0.717, 1.165) is 5.56 Å². The second-order valence-electron chi connectivity index (χ2n) is 4.69. The molecule has 3 N–H and O–H groups in total. The number of nitrogens with two attached hydrogens (primary N) is 1. The highest BCUT2D eigenvalue weighted by Crippen LogP contribution is 2.36. The Hall–Kier alpha value is -2.82. The van der Waals surface area contributed by atoms with Crippen LogP contribution in [0, 0.1) is 0 Å². The van der Waals surface area contributed by atoms with Gasteiger partial charge in [-0.2, -0.15) is 0 Å². The molecule has 0 spiro atoms. The molecular formula is C16H14N2O3. The standard InChI is InChI=1S/C16H14N2O3/c1-2-11-15-10(14(19)13(18-11)16(17)20)8-12(21-15)9-6-4-3-5-7-9/h3-8,19H,2H2,1H3,(H2,17,20). The van der Waals surface area contributed by atoms with E-state index in [1.807, 2.05) is 37.3 Å². The number of carbonyl (C=O) groups excluding carboxylic acids is 1. The van der Waals surface area contributed by atoms with Gasteiger partial charge in [-0.1, -0.05) is 37.3 Å². The smallest absolute Gasteiger partial charge is 0.271 e. The van der Waals surface area contributed by atoms with Gasteiger partial charge in [-0.25, -0.2) is 4.98 Å². The number of aromatic nitrogens is 1. The Morgan fingerprint density at radius 1 is 1.33 bits per heavy atom. The van der Waals surface area contributed by atoms with Gasteiger partial charge in [0.1, 0.15) is 5.76 Å². The average molecular weight is 282 g/mol. The van der Waals surface area contributed by atoms with E-state index in [2.05, 4.69) is 4.98 Å². The molecule has 0 radical (unpaired) electrons. The number of aryl methyl sites for hydroxylation is 1. The zero-order chi connectivity index (χ0) is 15.0. The van der Waals surface area contributed by atoms with E-state index >= 15 is 0 Å². The topological polar surface area (TPSA) is 89.3 Å². The predicted octanol–water partition coefficient (Wildman–Crippen LogP) is 2.86.